The number of piperidine rings is 1. The van der Waals surface area contributed by atoms with Crippen LogP contribution in [0.4, 0.5) is 10.1 Å². The van der Waals surface area contributed by atoms with Crippen LogP contribution in [0.2, 0.25) is 0 Å². The number of benzene rings is 2. The zero-order chi connectivity index (χ0) is 25.8. The molecule has 1 heterocycles. The highest BCUT2D eigenvalue weighted by atomic mass is 32.2. The Balaban J connectivity index is 1.83. The largest absolute Gasteiger partial charge is 0.495 e. The molecule has 1 aliphatic heterocycles. The topological polar surface area (TPSA) is 128 Å². The Morgan fingerprint density at radius 3 is 2.20 bits per heavy atom. The standard InChI is InChI=1S/C23H25FN2O8S/c1-32-19-7-6-17(24)12-20(19)35(30,31)26-8-4-5-14(13-26)21(27)25-18-10-15(22(28)33-2)9-16(11-18)23(29)34-3/h6-7,9-12,14H,4-5,8,13H2,1-3H3,(H,25,27)/t14-/m0/s1. The molecule has 0 bridgehead atoms. The molecule has 0 radical (unpaired) electrons. The maximum absolute atomic E-state index is 13.8. The quantitative estimate of drug-likeness (QED) is 0.565. The van der Waals surface area contributed by atoms with E-state index in [9.17, 15) is 27.2 Å². The Hall–Kier alpha value is -3.51. The van der Waals surface area contributed by atoms with Gasteiger partial charge in [-0.2, -0.15) is 4.31 Å². The van der Waals surface area contributed by atoms with Gasteiger partial charge in [0.25, 0.3) is 0 Å². The summed E-state index contributed by atoms with van der Waals surface area (Å²) in [5, 5.41) is 2.63. The molecule has 0 unspecified atom stereocenters. The third-order valence-corrected chi connectivity index (χ3v) is 7.43. The number of sulfonamides is 1. The van der Waals surface area contributed by atoms with E-state index in [-0.39, 0.29) is 40.5 Å². The van der Waals surface area contributed by atoms with E-state index >= 15 is 0 Å². The first-order valence-electron chi connectivity index (χ1n) is 10.6. The van der Waals surface area contributed by atoms with E-state index < -0.39 is 39.6 Å². The Bertz CT molecular complexity index is 1210. The third-order valence-electron chi connectivity index (χ3n) is 5.54. The van der Waals surface area contributed by atoms with Crippen molar-refractivity contribution in [2.75, 3.05) is 39.7 Å². The summed E-state index contributed by atoms with van der Waals surface area (Å²) in [6.07, 6.45) is 0.795. The fourth-order valence-electron chi connectivity index (χ4n) is 3.78. The molecule has 12 heteroatoms. The van der Waals surface area contributed by atoms with Crippen molar-refractivity contribution in [2.24, 2.45) is 5.92 Å². The second-order valence-electron chi connectivity index (χ2n) is 7.77. The van der Waals surface area contributed by atoms with Crippen molar-refractivity contribution in [2.45, 2.75) is 17.7 Å². The van der Waals surface area contributed by atoms with E-state index in [0.717, 1.165) is 16.4 Å². The minimum absolute atomic E-state index is 0.00654. The molecule has 1 aliphatic rings. The number of halogens is 1. The van der Waals surface area contributed by atoms with Crippen molar-refractivity contribution in [3.8, 4) is 5.75 Å². The fourth-order valence-corrected chi connectivity index (χ4v) is 5.47. The molecule has 1 amide bonds. The number of esters is 2. The molecule has 0 aliphatic carbocycles. The second-order valence-corrected chi connectivity index (χ2v) is 9.68. The first-order chi connectivity index (χ1) is 16.6. The van der Waals surface area contributed by atoms with Crippen molar-refractivity contribution < 1.29 is 41.4 Å². The van der Waals surface area contributed by atoms with Crippen LogP contribution in [0.5, 0.6) is 5.75 Å². The van der Waals surface area contributed by atoms with Gasteiger partial charge in [0.05, 0.1) is 38.4 Å². The van der Waals surface area contributed by atoms with Crippen LogP contribution < -0.4 is 10.1 Å². The number of amides is 1. The summed E-state index contributed by atoms with van der Waals surface area (Å²) in [5.74, 6) is -3.42. The van der Waals surface area contributed by atoms with E-state index in [1.807, 2.05) is 0 Å². The van der Waals surface area contributed by atoms with Gasteiger partial charge >= 0.3 is 11.9 Å². The third kappa shape index (κ3) is 5.77. The van der Waals surface area contributed by atoms with Crippen molar-refractivity contribution in [3.05, 3.63) is 53.3 Å². The van der Waals surface area contributed by atoms with E-state index in [2.05, 4.69) is 14.8 Å². The summed E-state index contributed by atoms with van der Waals surface area (Å²) < 4.78 is 55.8. The molecule has 10 nitrogen and oxygen atoms in total. The number of hydrogen-bond donors (Lipinski definition) is 1. The highest BCUT2D eigenvalue weighted by molar-refractivity contribution is 7.89. The van der Waals surface area contributed by atoms with Gasteiger partial charge in [-0.25, -0.2) is 22.4 Å². The lowest BCUT2D eigenvalue weighted by Crippen LogP contribution is -2.43. The minimum Gasteiger partial charge on any atom is -0.495 e. The molecule has 3 rings (SSSR count). The van der Waals surface area contributed by atoms with E-state index in [0.29, 0.717) is 12.8 Å². The SMILES string of the molecule is COC(=O)c1cc(NC(=O)[C@H]2CCCN(S(=O)(=O)c3cc(F)ccc3OC)C2)cc(C(=O)OC)c1. The van der Waals surface area contributed by atoms with Crippen molar-refractivity contribution in [1.29, 1.82) is 0 Å². The van der Waals surface area contributed by atoms with Crippen molar-refractivity contribution in [1.82, 2.24) is 4.31 Å². The zero-order valence-corrected chi connectivity index (χ0v) is 20.2. The van der Waals surface area contributed by atoms with E-state index in [1.54, 1.807) is 0 Å². The minimum atomic E-state index is -4.14. The lowest BCUT2D eigenvalue weighted by atomic mass is 9.98. The lowest BCUT2D eigenvalue weighted by molar-refractivity contribution is -0.120. The van der Waals surface area contributed by atoms with Crippen LogP contribution in [0.3, 0.4) is 0 Å². The number of methoxy groups -OCH3 is 3. The molecule has 1 N–H and O–H groups in total. The van der Waals surface area contributed by atoms with E-state index in [4.69, 9.17) is 4.74 Å². The monoisotopic (exact) mass is 508 g/mol. The van der Waals surface area contributed by atoms with Crippen LogP contribution >= 0.6 is 0 Å². The molecule has 2 aromatic rings. The molecule has 1 saturated heterocycles. The molecule has 35 heavy (non-hydrogen) atoms. The molecule has 0 aromatic heterocycles. The Morgan fingerprint density at radius 2 is 1.63 bits per heavy atom. The van der Waals surface area contributed by atoms with Gasteiger partial charge in [-0.05, 0) is 49.2 Å². The van der Waals surface area contributed by atoms with Gasteiger partial charge in [-0.15, -0.1) is 0 Å². The normalized spacial score (nSPS) is 16.3. The summed E-state index contributed by atoms with van der Waals surface area (Å²) >= 11 is 0. The van der Waals surface area contributed by atoms with Gasteiger partial charge in [0.2, 0.25) is 15.9 Å². The average Bonchev–Trinajstić information content (AvgIpc) is 2.87. The van der Waals surface area contributed by atoms with Gasteiger partial charge in [0.15, 0.2) is 0 Å². The van der Waals surface area contributed by atoms with Gasteiger partial charge in [0.1, 0.15) is 16.5 Å². The van der Waals surface area contributed by atoms with Gasteiger partial charge in [0, 0.05) is 18.8 Å². The number of rotatable bonds is 7. The lowest BCUT2D eigenvalue weighted by Gasteiger charge is -2.31. The second kappa shape index (κ2) is 10.8. The first-order valence-corrected chi connectivity index (χ1v) is 12.0. The first kappa shape index (κ1) is 26.1. The van der Waals surface area contributed by atoms with Gasteiger partial charge in [-0.1, -0.05) is 0 Å². The molecule has 0 saturated carbocycles. The molecular formula is C23H25FN2O8S. The van der Waals surface area contributed by atoms with Crippen LogP contribution in [0.25, 0.3) is 0 Å². The molecule has 1 fully saturated rings. The summed E-state index contributed by atoms with van der Waals surface area (Å²) in [4.78, 5) is 36.6. The van der Waals surface area contributed by atoms with Crippen LogP contribution in [0.1, 0.15) is 33.6 Å². The van der Waals surface area contributed by atoms with Crippen molar-refractivity contribution in [3.63, 3.8) is 0 Å². The predicted molar refractivity (Wildman–Crippen MR) is 122 cm³/mol. The molecule has 1 atom stereocenters. The maximum Gasteiger partial charge on any atom is 0.337 e. The Morgan fingerprint density at radius 1 is 1.00 bits per heavy atom. The highest BCUT2D eigenvalue weighted by Crippen LogP contribution is 2.31. The summed E-state index contributed by atoms with van der Waals surface area (Å²) in [6.45, 7) is 0.00445. The highest BCUT2D eigenvalue weighted by Gasteiger charge is 2.35. The van der Waals surface area contributed by atoms with Crippen molar-refractivity contribution >= 4 is 33.6 Å². The maximum atomic E-state index is 13.8. The number of anilines is 1. The predicted octanol–water partition coefficient (Wildman–Crippen LogP) is 2.45. The number of carbonyl (C=O) groups is 3. The number of carbonyl (C=O) groups excluding carboxylic acids is 3. The number of nitrogens with zero attached hydrogens (tertiary/aromatic N) is 1. The summed E-state index contributed by atoms with van der Waals surface area (Å²) in [5.41, 5.74) is 0.193. The number of ether oxygens (including phenoxy) is 3. The zero-order valence-electron chi connectivity index (χ0n) is 19.4. The number of nitrogens with one attached hydrogen (secondary N) is 1. The van der Waals surface area contributed by atoms with Gasteiger partial charge in [-0.3, -0.25) is 4.79 Å². The van der Waals surface area contributed by atoms with Crippen LogP contribution in [0.15, 0.2) is 41.3 Å². The molecule has 188 valence electrons. The summed E-state index contributed by atoms with van der Waals surface area (Å²) in [7, 11) is -0.509. The molecule has 0 spiro atoms. The van der Waals surface area contributed by atoms with Crippen LogP contribution in [-0.4, -0.2) is 65.0 Å². The average molecular weight is 509 g/mol. The van der Waals surface area contributed by atoms with Crippen LogP contribution in [0, 0.1) is 11.7 Å². The molecule has 2 aromatic carbocycles. The smallest absolute Gasteiger partial charge is 0.337 e. The van der Waals surface area contributed by atoms with Gasteiger partial charge < -0.3 is 19.5 Å². The Kier molecular flexibility index (Phi) is 8.07. The number of hydrogen-bond acceptors (Lipinski definition) is 8. The summed E-state index contributed by atoms with van der Waals surface area (Å²) in [6, 6.07) is 7.15. The molecular weight excluding hydrogens is 483 g/mol. The Labute approximate surface area is 202 Å². The fraction of sp³-hybridized carbons (Fsp3) is 0.348. The van der Waals surface area contributed by atoms with E-state index in [1.165, 1.54) is 45.6 Å². The van der Waals surface area contributed by atoms with Crippen LogP contribution in [-0.2, 0) is 24.3 Å².